The van der Waals surface area contributed by atoms with Crippen LogP contribution in [0.1, 0.15) is 29.8 Å². The van der Waals surface area contributed by atoms with Crippen LogP contribution in [0.3, 0.4) is 0 Å². The van der Waals surface area contributed by atoms with Crippen molar-refractivity contribution in [3.05, 3.63) is 41.5 Å². The molecule has 5 nitrogen and oxygen atoms in total. The SMILES string of the molecule is CC.Cc1ccc2cc(C(=O)O)ccc2c1S(=O)(=O)O. The maximum atomic E-state index is 11.3. The summed E-state index contributed by atoms with van der Waals surface area (Å²) in [7, 11) is -4.34. The summed E-state index contributed by atoms with van der Waals surface area (Å²) in [5, 5.41) is 9.62. The smallest absolute Gasteiger partial charge is 0.335 e. The van der Waals surface area contributed by atoms with Crippen LogP contribution >= 0.6 is 0 Å². The Morgan fingerprint density at radius 2 is 1.70 bits per heavy atom. The second kappa shape index (κ2) is 6.02. The number of benzene rings is 2. The van der Waals surface area contributed by atoms with Crippen molar-refractivity contribution in [1.29, 1.82) is 0 Å². The monoisotopic (exact) mass is 296 g/mol. The Labute approximate surface area is 117 Å². The molecule has 0 unspecified atom stereocenters. The fourth-order valence-corrected chi connectivity index (χ4v) is 2.82. The topological polar surface area (TPSA) is 91.7 Å². The van der Waals surface area contributed by atoms with Gasteiger partial charge in [0.1, 0.15) is 4.90 Å². The van der Waals surface area contributed by atoms with E-state index in [-0.39, 0.29) is 10.5 Å². The molecule has 2 aromatic rings. The number of rotatable bonds is 2. The Morgan fingerprint density at radius 1 is 1.10 bits per heavy atom. The number of hydrogen-bond donors (Lipinski definition) is 2. The van der Waals surface area contributed by atoms with Crippen LogP contribution in [0.4, 0.5) is 0 Å². The fraction of sp³-hybridized carbons (Fsp3) is 0.214. The molecule has 2 aromatic carbocycles. The van der Waals surface area contributed by atoms with Gasteiger partial charge in [-0.3, -0.25) is 4.55 Å². The number of aryl methyl sites for hydroxylation is 1. The molecular weight excluding hydrogens is 280 g/mol. The highest BCUT2D eigenvalue weighted by atomic mass is 32.2. The molecule has 0 bridgehead atoms. The average molecular weight is 296 g/mol. The molecule has 6 heteroatoms. The summed E-state index contributed by atoms with van der Waals surface area (Å²) in [6.07, 6.45) is 0. The van der Waals surface area contributed by atoms with Crippen LogP contribution < -0.4 is 0 Å². The minimum Gasteiger partial charge on any atom is -0.478 e. The largest absolute Gasteiger partial charge is 0.478 e. The first kappa shape index (κ1) is 16.1. The molecule has 0 amide bonds. The van der Waals surface area contributed by atoms with Gasteiger partial charge in [0.15, 0.2) is 0 Å². The molecule has 2 N–H and O–H groups in total. The van der Waals surface area contributed by atoms with Gasteiger partial charge in [-0.2, -0.15) is 8.42 Å². The summed E-state index contributed by atoms with van der Waals surface area (Å²) < 4.78 is 31.9. The summed E-state index contributed by atoms with van der Waals surface area (Å²) in [5.74, 6) is -1.09. The highest BCUT2D eigenvalue weighted by Crippen LogP contribution is 2.27. The minimum absolute atomic E-state index is 0.0626. The van der Waals surface area contributed by atoms with E-state index in [2.05, 4.69) is 0 Å². The molecule has 0 aromatic heterocycles. The predicted octanol–water partition coefficient (Wildman–Crippen LogP) is 3.12. The molecule has 0 atom stereocenters. The molecular formula is C14H16O5S. The zero-order valence-corrected chi connectivity index (χ0v) is 12.2. The van der Waals surface area contributed by atoms with Gasteiger partial charge in [0.05, 0.1) is 5.56 Å². The summed E-state index contributed by atoms with van der Waals surface area (Å²) in [6.45, 7) is 5.56. The minimum atomic E-state index is -4.34. The Kier molecular flexibility index (Phi) is 4.86. The lowest BCUT2D eigenvalue weighted by Gasteiger charge is -2.08. The third kappa shape index (κ3) is 3.15. The van der Waals surface area contributed by atoms with E-state index >= 15 is 0 Å². The van der Waals surface area contributed by atoms with E-state index in [1.807, 2.05) is 13.8 Å². The van der Waals surface area contributed by atoms with Gasteiger partial charge in [-0.15, -0.1) is 0 Å². The molecule has 0 spiro atoms. The van der Waals surface area contributed by atoms with Crippen LogP contribution in [0.15, 0.2) is 35.2 Å². The second-order valence-corrected chi connectivity index (χ2v) is 5.29. The van der Waals surface area contributed by atoms with Crippen molar-refractivity contribution in [2.24, 2.45) is 0 Å². The normalized spacial score (nSPS) is 10.8. The van der Waals surface area contributed by atoms with Gasteiger partial charge in [-0.1, -0.05) is 32.0 Å². The predicted molar refractivity (Wildman–Crippen MR) is 76.8 cm³/mol. The molecule has 20 heavy (non-hydrogen) atoms. The first-order valence-corrected chi connectivity index (χ1v) is 7.49. The highest BCUT2D eigenvalue weighted by Gasteiger charge is 2.17. The van der Waals surface area contributed by atoms with E-state index in [4.69, 9.17) is 5.11 Å². The molecule has 0 radical (unpaired) electrons. The number of carbonyl (C=O) groups is 1. The molecule has 0 aliphatic heterocycles. The zero-order chi connectivity index (χ0) is 15.5. The molecule has 0 aliphatic carbocycles. The van der Waals surface area contributed by atoms with Gasteiger partial charge in [0.25, 0.3) is 10.1 Å². The Balaban J connectivity index is 0.000000956. The Bertz CT molecular complexity index is 747. The van der Waals surface area contributed by atoms with Crippen molar-refractivity contribution < 1.29 is 22.9 Å². The number of hydrogen-bond acceptors (Lipinski definition) is 3. The molecule has 0 aliphatic rings. The Morgan fingerprint density at radius 3 is 2.20 bits per heavy atom. The lowest BCUT2D eigenvalue weighted by Crippen LogP contribution is -2.03. The van der Waals surface area contributed by atoms with E-state index in [9.17, 15) is 17.8 Å². The lowest BCUT2D eigenvalue weighted by atomic mass is 10.0. The van der Waals surface area contributed by atoms with Crippen LogP contribution in [-0.4, -0.2) is 24.0 Å². The van der Waals surface area contributed by atoms with Crippen LogP contribution in [0, 0.1) is 6.92 Å². The number of fused-ring (bicyclic) bond motifs is 1. The van der Waals surface area contributed by atoms with E-state index in [1.54, 1.807) is 13.0 Å². The van der Waals surface area contributed by atoms with Gasteiger partial charge in [0.2, 0.25) is 0 Å². The van der Waals surface area contributed by atoms with Gasteiger partial charge in [-0.05, 0) is 30.0 Å². The van der Waals surface area contributed by atoms with Gasteiger partial charge < -0.3 is 5.11 Å². The van der Waals surface area contributed by atoms with E-state index in [1.165, 1.54) is 24.3 Å². The van der Waals surface area contributed by atoms with Crippen LogP contribution in [0.25, 0.3) is 10.8 Å². The summed E-state index contributed by atoms with van der Waals surface area (Å²) in [4.78, 5) is 10.6. The van der Waals surface area contributed by atoms with Crippen LogP contribution in [0.2, 0.25) is 0 Å². The van der Waals surface area contributed by atoms with Crippen molar-refractivity contribution in [2.45, 2.75) is 25.7 Å². The number of aromatic carboxylic acids is 1. The van der Waals surface area contributed by atoms with Gasteiger partial charge in [0, 0.05) is 5.39 Å². The van der Waals surface area contributed by atoms with Crippen molar-refractivity contribution in [3.63, 3.8) is 0 Å². The first-order valence-electron chi connectivity index (χ1n) is 6.05. The summed E-state index contributed by atoms with van der Waals surface area (Å²) in [6, 6.07) is 7.20. The second-order valence-electron chi connectivity index (χ2n) is 3.93. The summed E-state index contributed by atoms with van der Waals surface area (Å²) >= 11 is 0. The van der Waals surface area contributed by atoms with Crippen LogP contribution in [-0.2, 0) is 10.1 Å². The quantitative estimate of drug-likeness (QED) is 0.831. The maximum absolute atomic E-state index is 11.3. The average Bonchev–Trinajstić information content (AvgIpc) is 2.38. The van der Waals surface area contributed by atoms with Crippen molar-refractivity contribution in [3.8, 4) is 0 Å². The zero-order valence-electron chi connectivity index (χ0n) is 11.4. The Hall–Kier alpha value is -1.92. The molecule has 0 saturated carbocycles. The molecule has 0 heterocycles. The summed E-state index contributed by atoms with van der Waals surface area (Å²) in [5.41, 5.74) is 0.473. The van der Waals surface area contributed by atoms with E-state index in [0.717, 1.165) is 0 Å². The van der Waals surface area contributed by atoms with Crippen molar-refractivity contribution in [1.82, 2.24) is 0 Å². The maximum Gasteiger partial charge on any atom is 0.335 e. The molecule has 0 fully saturated rings. The number of carboxylic acids is 1. The third-order valence-electron chi connectivity index (χ3n) is 2.67. The van der Waals surface area contributed by atoms with E-state index in [0.29, 0.717) is 16.3 Å². The van der Waals surface area contributed by atoms with Crippen molar-refractivity contribution in [2.75, 3.05) is 0 Å². The first-order chi connectivity index (χ1) is 9.30. The lowest BCUT2D eigenvalue weighted by molar-refractivity contribution is 0.0697. The standard InChI is InChI=1S/C12H10O5S.C2H6/c1-7-2-3-8-6-9(12(13)14)4-5-10(8)11(7)18(15,16)17;1-2/h2-6H,1H3,(H,13,14)(H,15,16,17);1-2H3. The van der Waals surface area contributed by atoms with Crippen LogP contribution in [0.5, 0.6) is 0 Å². The van der Waals surface area contributed by atoms with Crippen molar-refractivity contribution >= 4 is 26.9 Å². The third-order valence-corrected chi connectivity index (χ3v) is 3.73. The highest BCUT2D eigenvalue weighted by molar-refractivity contribution is 7.86. The van der Waals surface area contributed by atoms with Gasteiger partial charge >= 0.3 is 5.97 Å². The van der Waals surface area contributed by atoms with E-state index < -0.39 is 16.1 Å². The van der Waals surface area contributed by atoms with Gasteiger partial charge in [-0.25, -0.2) is 4.79 Å². The fourth-order valence-electron chi connectivity index (χ4n) is 1.89. The number of carboxylic acid groups (broad SMARTS) is 1. The molecule has 0 saturated heterocycles. The molecule has 2 rings (SSSR count). The molecule has 108 valence electrons.